The van der Waals surface area contributed by atoms with Crippen molar-refractivity contribution in [2.45, 2.75) is 45.2 Å². The highest BCUT2D eigenvalue weighted by Crippen LogP contribution is 2.20. The monoisotopic (exact) mass is 290 g/mol. The molecule has 1 aromatic heterocycles. The first-order chi connectivity index (χ1) is 9.69. The molecule has 0 bridgehead atoms. The summed E-state index contributed by atoms with van der Waals surface area (Å²) >= 11 is 1.71. The number of hydrogen-bond acceptors (Lipinski definition) is 4. The summed E-state index contributed by atoms with van der Waals surface area (Å²) in [5.41, 5.74) is 1.26. The van der Waals surface area contributed by atoms with Crippen molar-refractivity contribution in [3.8, 4) is 5.75 Å². The molecule has 0 aliphatic heterocycles. The maximum absolute atomic E-state index is 9.27. The number of phenolic OH excluding ortho intramolecular Hbond substituents is 1. The number of aryl methyl sites for hydroxylation is 1. The van der Waals surface area contributed by atoms with Crippen LogP contribution in [0.15, 0.2) is 35.8 Å². The van der Waals surface area contributed by atoms with Crippen LogP contribution in [0.5, 0.6) is 5.75 Å². The average Bonchev–Trinajstić information content (AvgIpc) is 2.98. The molecular formula is C16H22N2OS. The number of hydrogen-bond donors (Lipinski definition) is 2. The Bertz CT molecular complexity index is 496. The van der Waals surface area contributed by atoms with Crippen molar-refractivity contribution in [1.82, 2.24) is 10.3 Å². The summed E-state index contributed by atoms with van der Waals surface area (Å²) in [5.74, 6) is 0.328. The Morgan fingerprint density at radius 2 is 2.05 bits per heavy atom. The highest BCUT2D eigenvalue weighted by Gasteiger charge is 2.14. The van der Waals surface area contributed by atoms with Gasteiger partial charge in [0.25, 0.3) is 0 Å². The Morgan fingerprint density at radius 3 is 2.65 bits per heavy atom. The van der Waals surface area contributed by atoms with Crippen LogP contribution < -0.4 is 5.32 Å². The van der Waals surface area contributed by atoms with Crippen LogP contribution in [0.1, 0.15) is 43.3 Å². The molecule has 20 heavy (non-hydrogen) atoms. The van der Waals surface area contributed by atoms with Crippen LogP contribution in [-0.2, 0) is 6.42 Å². The van der Waals surface area contributed by atoms with Crippen LogP contribution in [0.2, 0.25) is 0 Å². The summed E-state index contributed by atoms with van der Waals surface area (Å²) in [7, 11) is 0. The van der Waals surface area contributed by atoms with E-state index >= 15 is 0 Å². The number of rotatable bonds is 7. The molecule has 2 unspecified atom stereocenters. The van der Waals surface area contributed by atoms with Gasteiger partial charge in [-0.3, -0.25) is 0 Å². The molecule has 3 nitrogen and oxygen atoms in total. The van der Waals surface area contributed by atoms with Crippen molar-refractivity contribution in [1.29, 1.82) is 0 Å². The van der Waals surface area contributed by atoms with Gasteiger partial charge in [-0.2, -0.15) is 0 Å². The normalized spacial score (nSPS) is 14.1. The number of nitrogens with zero attached hydrogens (tertiary/aromatic N) is 1. The molecule has 0 radical (unpaired) electrons. The van der Waals surface area contributed by atoms with E-state index in [0.29, 0.717) is 17.8 Å². The summed E-state index contributed by atoms with van der Waals surface area (Å²) in [6, 6.07) is 8.26. The molecule has 2 aromatic rings. The van der Waals surface area contributed by atoms with Gasteiger partial charge in [0.15, 0.2) is 0 Å². The van der Waals surface area contributed by atoms with Gasteiger partial charge in [-0.05, 0) is 43.9 Å². The molecule has 1 aromatic carbocycles. The second-order valence-corrected chi connectivity index (χ2v) is 6.03. The topological polar surface area (TPSA) is 45.1 Å². The van der Waals surface area contributed by atoms with E-state index in [-0.39, 0.29) is 0 Å². The minimum Gasteiger partial charge on any atom is -0.508 e. The van der Waals surface area contributed by atoms with Gasteiger partial charge >= 0.3 is 0 Å². The number of benzene rings is 1. The summed E-state index contributed by atoms with van der Waals surface area (Å²) < 4.78 is 0. The van der Waals surface area contributed by atoms with Crippen LogP contribution in [-0.4, -0.2) is 16.1 Å². The van der Waals surface area contributed by atoms with Crippen LogP contribution in [0.3, 0.4) is 0 Å². The molecule has 1 heterocycles. The quantitative estimate of drug-likeness (QED) is 0.812. The zero-order chi connectivity index (χ0) is 14.4. The van der Waals surface area contributed by atoms with E-state index in [9.17, 15) is 5.11 Å². The maximum atomic E-state index is 9.27. The van der Waals surface area contributed by atoms with Gasteiger partial charge in [-0.15, -0.1) is 11.3 Å². The van der Waals surface area contributed by atoms with E-state index < -0.39 is 0 Å². The van der Waals surface area contributed by atoms with Gasteiger partial charge < -0.3 is 10.4 Å². The SMILES string of the molecule is CCC(NC(C)CCc1ccc(O)cc1)c1nccs1. The predicted molar refractivity (Wildman–Crippen MR) is 84.2 cm³/mol. The lowest BCUT2D eigenvalue weighted by molar-refractivity contribution is 0.426. The van der Waals surface area contributed by atoms with Gasteiger partial charge in [-0.25, -0.2) is 4.98 Å². The second-order valence-electron chi connectivity index (χ2n) is 5.10. The van der Waals surface area contributed by atoms with Crippen molar-refractivity contribution in [2.75, 3.05) is 0 Å². The standard InChI is InChI=1S/C16H22N2OS/c1-3-15(16-17-10-11-20-16)18-12(2)4-5-13-6-8-14(19)9-7-13/h6-12,15,18-19H,3-5H2,1-2H3. The molecular weight excluding hydrogens is 268 g/mol. The van der Waals surface area contributed by atoms with Gasteiger partial charge in [0.2, 0.25) is 0 Å². The second kappa shape index (κ2) is 7.41. The Hall–Kier alpha value is -1.39. The maximum Gasteiger partial charge on any atom is 0.115 e. The number of thiazole rings is 1. The van der Waals surface area contributed by atoms with Crippen molar-refractivity contribution in [3.63, 3.8) is 0 Å². The Balaban J connectivity index is 1.82. The fraction of sp³-hybridized carbons (Fsp3) is 0.438. The number of aromatic nitrogens is 1. The highest BCUT2D eigenvalue weighted by molar-refractivity contribution is 7.09. The molecule has 2 atom stereocenters. The van der Waals surface area contributed by atoms with E-state index in [1.807, 2.05) is 23.7 Å². The van der Waals surface area contributed by atoms with Crippen molar-refractivity contribution in [3.05, 3.63) is 46.4 Å². The Morgan fingerprint density at radius 1 is 1.30 bits per heavy atom. The lowest BCUT2D eigenvalue weighted by Crippen LogP contribution is -2.30. The fourth-order valence-corrected chi connectivity index (χ4v) is 3.02. The van der Waals surface area contributed by atoms with E-state index in [1.54, 1.807) is 23.5 Å². The van der Waals surface area contributed by atoms with Crippen LogP contribution >= 0.6 is 11.3 Å². The van der Waals surface area contributed by atoms with E-state index in [2.05, 4.69) is 24.1 Å². The minimum atomic E-state index is 0.328. The summed E-state index contributed by atoms with van der Waals surface area (Å²) in [4.78, 5) is 4.40. The van der Waals surface area contributed by atoms with Gasteiger partial charge in [-0.1, -0.05) is 19.1 Å². The average molecular weight is 290 g/mol. The molecule has 0 saturated heterocycles. The number of nitrogens with one attached hydrogen (secondary N) is 1. The fourth-order valence-electron chi connectivity index (χ4n) is 2.24. The number of aromatic hydroxyl groups is 1. The molecule has 0 aliphatic carbocycles. The first kappa shape index (κ1) is 15.0. The minimum absolute atomic E-state index is 0.328. The third-order valence-corrected chi connectivity index (χ3v) is 4.34. The predicted octanol–water partition coefficient (Wildman–Crippen LogP) is 3.91. The zero-order valence-electron chi connectivity index (χ0n) is 12.0. The number of phenols is 1. The first-order valence-corrected chi connectivity index (χ1v) is 8.00. The third-order valence-electron chi connectivity index (χ3n) is 3.45. The van der Waals surface area contributed by atoms with Crippen molar-refractivity contribution < 1.29 is 5.11 Å². The summed E-state index contributed by atoms with van der Waals surface area (Å²) in [5, 5.41) is 16.1. The molecule has 0 aliphatic rings. The molecule has 2 rings (SSSR count). The van der Waals surface area contributed by atoms with Gasteiger partial charge in [0, 0.05) is 17.6 Å². The van der Waals surface area contributed by atoms with Crippen LogP contribution in [0.4, 0.5) is 0 Å². The first-order valence-electron chi connectivity index (χ1n) is 7.12. The highest BCUT2D eigenvalue weighted by atomic mass is 32.1. The molecule has 4 heteroatoms. The largest absolute Gasteiger partial charge is 0.508 e. The Labute approximate surface area is 124 Å². The van der Waals surface area contributed by atoms with E-state index in [4.69, 9.17) is 0 Å². The third kappa shape index (κ3) is 4.32. The zero-order valence-corrected chi connectivity index (χ0v) is 12.9. The molecule has 0 fully saturated rings. The summed E-state index contributed by atoms with van der Waals surface area (Å²) in [6.07, 6.45) is 5.01. The van der Waals surface area contributed by atoms with E-state index in [0.717, 1.165) is 19.3 Å². The van der Waals surface area contributed by atoms with Crippen molar-refractivity contribution in [2.24, 2.45) is 0 Å². The Kier molecular flexibility index (Phi) is 5.56. The smallest absolute Gasteiger partial charge is 0.115 e. The molecule has 0 amide bonds. The lowest BCUT2D eigenvalue weighted by atomic mass is 10.0. The lowest BCUT2D eigenvalue weighted by Gasteiger charge is -2.20. The molecule has 2 N–H and O–H groups in total. The van der Waals surface area contributed by atoms with Crippen molar-refractivity contribution >= 4 is 11.3 Å². The van der Waals surface area contributed by atoms with Crippen LogP contribution in [0, 0.1) is 0 Å². The van der Waals surface area contributed by atoms with Gasteiger partial charge in [0.1, 0.15) is 10.8 Å². The summed E-state index contributed by atoms with van der Waals surface area (Å²) in [6.45, 7) is 4.41. The van der Waals surface area contributed by atoms with Gasteiger partial charge in [0.05, 0.1) is 6.04 Å². The molecule has 0 saturated carbocycles. The molecule has 0 spiro atoms. The van der Waals surface area contributed by atoms with E-state index in [1.165, 1.54) is 10.6 Å². The molecule has 108 valence electrons. The van der Waals surface area contributed by atoms with Crippen LogP contribution in [0.25, 0.3) is 0 Å².